The fourth-order valence-electron chi connectivity index (χ4n) is 1.55. The van der Waals surface area contributed by atoms with E-state index in [-0.39, 0.29) is 6.04 Å². The molecule has 1 fully saturated rings. The van der Waals surface area contributed by atoms with Gasteiger partial charge in [-0.1, -0.05) is 0 Å². The van der Waals surface area contributed by atoms with Gasteiger partial charge in [0.15, 0.2) is 9.84 Å². The summed E-state index contributed by atoms with van der Waals surface area (Å²) in [6.07, 6.45) is 1.29. The molecule has 2 N–H and O–H groups in total. The molecule has 0 aromatic rings. The summed E-state index contributed by atoms with van der Waals surface area (Å²) in [6, 6.07) is -0.0868. The maximum Gasteiger partial charge on any atom is 0.318 e. The zero-order valence-electron chi connectivity index (χ0n) is 9.22. The fraction of sp³-hybridized carbons (Fsp3) is 0.778. The topological polar surface area (TPSA) is 110 Å². The Morgan fingerprint density at radius 2 is 1.82 bits per heavy atom. The minimum atomic E-state index is -3.87. The number of amides is 1. The van der Waals surface area contributed by atoms with Crippen LogP contribution < -0.4 is 5.32 Å². The van der Waals surface area contributed by atoms with Crippen LogP contribution in [0.15, 0.2) is 0 Å². The molecule has 0 aromatic heterocycles. The van der Waals surface area contributed by atoms with Gasteiger partial charge in [0.05, 0.1) is 0 Å². The van der Waals surface area contributed by atoms with Crippen molar-refractivity contribution in [1.82, 2.24) is 5.32 Å². The Bertz CT molecular complexity index is 384. The minimum absolute atomic E-state index is 0.0868. The van der Waals surface area contributed by atoms with Crippen molar-refractivity contribution in [2.45, 2.75) is 18.9 Å². The number of nitrogens with one attached hydrogen (secondary N) is 1. The summed E-state index contributed by atoms with van der Waals surface area (Å²) in [5, 5.41) is 10.9. The largest absolute Gasteiger partial charge is 0.480 e. The number of carbonyl (C=O) groups excluding carboxylic acids is 1. The monoisotopic (exact) mass is 265 g/mol. The highest BCUT2D eigenvalue weighted by Crippen LogP contribution is 2.06. The number of hydrogen-bond acceptors (Lipinski definition) is 5. The molecule has 1 aliphatic heterocycles. The third-order valence-electron chi connectivity index (χ3n) is 2.28. The summed E-state index contributed by atoms with van der Waals surface area (Å²) in [6.45, 7) is 1.07. The summed E-state index contributed by atoms with van der Waals surface area (Å²) in [4.78, 5) is 21.6. The predicted molar refractivity (Wildman–Crippen MR) is 58.3 cm³/mol. The molecule has 0 aliphatic carbocycles. The van der Waals surface area contributed by atoms with E-state index >= 15 is 0 Å². The second-order valence-electron chi connectivity index (χ2n) is 3.88. The third-order valence-corrected chi connectivity index (χ3v) is 3.67. The molecule has 0 radical (unpaired) electrons. The summed E-state index contributed by atoms with van der Waals surface area (Å²) in [5.41, 5.74) is 0. The molecule has 1 rings (SSSR count). The molecule has 98 valence electrons. The maximum atomic E-state index is 11.4. The minimum Gasteiger partial charge on any atom is -0.480 e. The molecule has 0 spiro atoms. The Kier molecular flexibility index (Phi) is 4.88. The van der Waals surface area contributed by atoms with Crippen molar-refractivity contribution in [2.75, 3.05) is 24.7 Å². The number of aliphatic carboxylic acids is 1. The first-order valence-corrected chi connectivity index (χ1v) is 7.00. The molecule has 1 heterocycles. The lowest BCUT2D eigenvalue weighted by Crippen LogP contribution is -2.42. The number of carboxylic acids is 1. The van der Waals surface area contributed by atoms with Crippen molar-refractivity contribution in [2.24, 2.45) is 0 Å². The van der Waals surface area contributed by atoms with Crippen molar-refractivity contribution >= 4 is 21.7 Å². The van der Waals surface area contributed by atoms with Crippen LogP contribution in [0.5, 0.6) is 0 Å². The van der Waals surface area contributed by atoms with Gasteiger partial charge in [0.2, 0.25) is 5.91 Å². The number of ether oxygens (including phenoxy) is 1. The highest BCUT2D eigenvalue weighted by atomic mass is 32.2. The molecule has 0 saturated carbocycles. The highest BCUT2D eigenvalue weighted by molar-refractivity contribution is 7.92. The zero-order chi connectivity index (χ0) is 12.9. The fourth-order valence-corrected chi connectivity index (χ4v) is 2.51. The number of carboxylic acid groups (broad SMARTS) is 1. The molecular weight excluding hydrogens is 250 g/mol. The SMILES string of the molecule is O=C(O)CS(=O)(=O)CC(=O)NC1CCOCC1. The molecule has 1 amide bonds. The number of rotatable bonds is 5. The van der Waals surface area contributed by atoms with E-state index in [1.54, 1.807) is 0 Å². The summed E-state index contributed by atoms with van der Waals surface area (Å²) in [5.74, 6) is -3.91. The highest BCUT2D eigenvalue weighted by Gasteiger charge is 2.23. The van der Waals surface area contributed by atoms with Crippen LogP contribution in [0.4, 0.5) is 0 Å². The van der Waals surface area contributed by atoms with Crippen LogP contribution in [-0.4, -0.2) is 56.2 Å². The van der Waals surface area contributed by atoms with Crippen molar-refractivity contribution < 1.29 is 27.9 Å². The molecule has 7 nitrogen and oxygen atoms in total. The molecule has 17 heavy (non-hydrogen) atoms. The van der Waals surface area contributed by atoms with Crippen molar-refractivity contribution in [1.29, 1.82) is 0 Å². The van der Waals surface area contributed by atoms with E-state index in [4.69, 9.17) is 9.84 Å². The lowest BCUT2D eigenvalue weighted by molar-refractivity contribution is -0.134. The summed E-state index contributed by atoms with van der Waals surface area (Å²) >= 11 is 0. The van der Waals surface area contributed by atoms with Crippen LogP contribution in [0.2, 0.25) is 0 Å². The van der Waals surface area contributed by atoms with Gasteiger partial charge in [0.25, 0.3) is 0 Å². The summed E-state index contributed by atoms with van der Waals surface area (Å²) < 4.78 is 27.5. The second-order valence-corrected chi connectivity index (χ2v) is 5.94. The average molecular weight is 265 g/mol. The predicted octanol–water partition coefficient (Wildman–Crippen LogP) is -1.22. The average Bonchev–Trinajstić information content (AvgIpc) is 2.15. The molecule has 1 aliphatic rings. The lowest BCUT2D eigenvalue weighted by Gasteiger charge is -2.22. The smallest absolute Gasteiger partial charge is 0.318 e. The van der Waals surface area contributed by atoms with E-state index in [1.807, 2.05) is 0 Å². The Hall–Kier alpha value is -1.15. The van der Waals surface area contributed by atoms with Gasteiger partial charge in [-0.05, 0) is 12.8 Å². The van der Waals surface area contributed by atoms with E-state index in [1.165, 1.54) is 0 Å². The molecule has 0 unspecified atom stereocenters. The third kappa shape index (κ3) is 5.64. The van der Waals surface area contributed by atoms with Gasteiger partial charge in [-0.3, -0.25) is 9.59 Å². The van der Waals surface area contributed by atoms with Crippen LogP contribution in [0.25, 0.3) is 0 Å². The first kappa shape index (κ1) is 13.9. The number of sulfone groups is 1. The second kappa shape index (κ2) is 5.97. The van der Waals surface area contributed by atoms with Crippen molar-refractivity contribution in [3.8, 4) is 0 Å². The number of carbonyl (C=O) groups is 2. The Labute approximate surface area is 99.1 Å². The van der Waals surface area contributed by atoms with Crippen LogP contribution in [-0.2, 0) is 24.2 Å². The van der Waals surface area contributed by atoms with Gasteiger partial charge >= 0.3 is 5.97 Å². The normalized spacial score (nSPS) is 17.6. The first-order valence-electron chi connectivity index (χ1n) is 5.18. The molecular formula is C9H15NO6S. The van der Waals surface area contributed by atoms with Gasteiger partial charge in [0, 0.05) is 19.3 Å². The molecule has 8 heteroatoms. The van der Waals surface area contributed by atoms with Gasteiger partial charge in [0.1, 0.15) is 11.5 Å². The Morgan fingerprint density at radius 1 is 1.24 bits per heavy atom. The van der Waals surface area contributed by atoms with Crippen molar-refractivity contribution in [3.05, 3.63) is 0 Å². The zero-order valence-corrected chi connectivity index (χ0v) is 10.0. The van der Waals surface area contributed by atoms with Crippen molar-refractivity contribution in [3.63, 3.8) is 0 Å². The quantitative estimate of drug-likeness (QED) is 0.645. The molecule has 1 saturated heterocycles. The van der Waals surface area contributed by atoms with Gasteiger partial charge in [-0.25, -0.2) is 8.42 Å². The van der Waals surface area contributed by atoms with E-state index in [2.05, 4.69) is 5.32 Å². The molecule has 0 bridgehead atoms. The lowest BCUT2D eigenvalue weighted by atomic mass is 10.1. The molecule has 0 aromatic carbocycles. The summed E-state index contributed by atoms with van der Waals surface area (Å²) in [7, 11) is -3.87. The van der Waals surface area contributed by atoms with Gasteiger partial charge in [-0.2, -0.15) is 0 Å². The maximum absolute atomic E-state index is 11.4. The van der Waals surface area contributed by atoms with E-state index in [0.29, 0.717) is 26.1 Å². The Morgan fingerprint density at radius 3 is 2.35 bits per heavy atom. The van der Waals surface area contributed by atoms with E-state index in [9.17, 15) is 18.0 Å². The molecule has 0 atom stereocenters. The van der Waals surface area contributed by atoms with Crippen LogP contribution in [0.1, 0.15) is 12.8 Å². The number of hydrogen-bond donors (Lipinski definition) is 2. The van der Waals surface area contributed by atoms with Gasteiger partial charge in [-0.15, -0.1) is 0 Å². The van der Waals surface area contributed by atoms with Crippen LogP contribution in [0, 0.1) is 0 Å². The first-order chi connectivity index (χ1) is 7.89. The Balaban J connectivity index is 2.40. The van der Waals surface area contributed by atoms with E-state index in [0.717, 1.165) is 0 Å². The van der Waals surface area contributed by atoms with Crippen LogP contribution >= 0.6 is 0 Å². The van der Waals surface area contributed by atoms with Crippen LogP contribution in [0.3, 0.4) is 0 Å². The standard InChI is InChI=1S/C9H15NO6S/c11-8(5-17(14,15)6-9(12)13)10-7-1-3-16-4-2-7/h7H,1-6H2,(H,10,11)(H,12,13). The van der Waals surface area contributed by atoms with E-state index < -0.39 is 33.2 Å². The van der Waals surface area contributed by atoms with Gasteiger partial charge < -0.3 is 15.2 Å².